The fourth-order valence-electron chi connectivity index (χ4n) is 2.38. The van der Waals surface area contributed by atoms with Crippen LogP contribution in [0.25, 0.3) is 10.4 Å². The summed E-state index contributed by atoms with van der Waals surface area (Å²) in [4.78, 5) is 30.6. The summed E-state index contributed by atoms with van der Waals surface area (Å²) in [5.74, 6) is -0.611. The normalized spacial score (nSPS) is 10.5. The molecule has 2 aromatic carbocycles. The molecule has 1 N–H and O–H groups in total. The molecule has 0 aliphatic heterocycles. The van der Waals surface area contributed by atoms with E-state index in [1.54, 1.807) is 56.7 Å². The number of hydrogen-bond donors (Lipinski definition) is 1. The second kappa shape index (κ2) is 8.09. The Labute approximate surface area is 160 Å². The van der Waals surface area contributed by atoms with Gasteiger partial charge in [0.25, 0.3) is 5.91 Å². The van der Waals surface area contributed by atoms with Crippen molar-refractivity contribution in [2.24, 2.45) is 0 Å². The van der Waals surface area contributed by atoms with Crippen molar-refractivity contribution in [3.8, 4) is 10.4 Å². The first-order valence-electron chi connectivity index (χ1n) is 8.24. The highest BCUT2D eigenvalue weighted by atomic mass is 32.1. The maximum Gasteiger partial charge on any atom is 0.257 e. The van der Waals surface area contributed by atoms with Crippen molar-refractivity contribution in [3.05, 3.63) is 71.7 Å². The molecule has 2 amide bonds. The largest absolute Gasteiger partial charge is 0.349 e. The van der Waals surface area contributed by atoms with Crippen LogP contribution in [0, 0.1) is 5.82 Å². The van der Waals surface area contributed by atoms with Gasteiger partial charge in [-0.3, -0.25) is 14.9 Å². The summed E-state index contributed by atoms with van der Waals surface area (Å²) in [6.45, 7) is 0. The van der Waals surface area contributed by atoms with E-state index in [1.807, 2.05) is 0 Å². The van der Waals surface area contributed by atoms with Gasteiger partial charge in [-0.1, -0.05) is 35.6 Å². The van der Waals surface area contributed by atoms with Crippen LogP contribution in [0.5, 0.6) is 0 Å². The minimum absolute atomic E-state index is 0.000125. The van der Waals surface area contributed by atoms with Gasteiger partial charge in [0.15, 0.2) is 5.13 Å². The monoisotopic (exact) mass is 383 g/mol. The third-order valence-electron chi connectivity index (χ3n) is 3.91. The summed E-state index contributed by atoms with van der Waals surface area (Å²) in [6.07, 6.45) is 1.89. The van der Waals surface area contributed by atoms with Crippen LogP contribution in [-0.4, -0.2) is 35.8 Å². The van der Waals surface area contributed by atoms with Crippen LogP contribution < -0.4 is 5.32 Å². The number of carbonyl (C=O) groups excluding carboxylic acids is 2. The number of rotatable bonds is 5. The lowest BCUT2D eigenvalue weighted by atomic mass is 10.1. The first-order valence-corrected chi connectivity index (χ1v) is 9.06. The molecule has 0 saturated carbocycles. The minimum Gasteiger partial charge on any atom is -0.349 e. The van der Waals surface area contributed by atoms with Gasteiger partial charge < -0.3 is 4.90 Å². The number of anilines is 1. The number of thiazole rings is 1. The topological polar surface area (TPSA) is 62.3 Å². The number of benzene rings is 2. The Morgan fingerprint density at radius 1 is 1.15 bits per heavy atom. The Morgan fingerprint density at radius 2 is 1.89 bits per heavy atom. The Hall–Kier alpha value is -3.06. The molecule has 0 fully saturated rings. The number of hydrogen-bond acceptors (Lipinski definition) is 4. The molecule has 0 aliphatic carbocycles. The maximum atomic E-state index is 13.3. The number of likely N-dealkylation sites (N-methyl/N-ethyl adjacent to an activating group) is 1. The molecule has 5 nitrogen and oxygen atoms in total. The van der Waals surface area contributed by atoms with E-state index in [2.05, 4.69) is 10.3 Å². The molecular weight excluding hydrogens is 365 g/mol. The van der Waals surface area contributed by atoms with Crippen LogP contribution in [0.15, 0.2) is 54.7 Å². The average Bonchev–Trinajstić information content (AvgIpc) is 3.10. The van der Waals surface area contributed by atoms with Gasteiger partial charge in [-0.2, -0.15) is 0 Å². The SMILES string of the molecule is CN(C)C(=O)Cc1ccc(C(=O)Nc2ncc(-c3cccc(F)c3)s2)cc1. The van der Waals surface area contributed by atoms with E-state index in [-0.39, 0.29) is 17.6 Å². The summed E-state index contributed by atoms with van der Waals surface area (Å²) in [5, 5.41) is 3.18. The Bertz CT molecular complexity index is 967. The van der Waals surface area contributed by atoms with Gasteiger partial charge in [0.2, 0.25) is 5.91 Å². The molecule has 0 saturated heterocycles. The van der Waals surface area contributed by atoms with Gasteiger partial charge in [0, 0.05) is 25.9 Å². The summed E-state index contributed by atoms with van der Waals surface area (Å²) >= 11 is 1.27. The van der Waals surface area contributed by atoms with Crippen molar-refractivity contribution >= 4 is 28.3 Å². The van der Waals surface area contributed by atoms with Gasteiger partial charge in [0.05, 0.1) is 11.3 Å². The number of amides is 2. The van der Waals surface area contributed by atoms with Gasteiger partial charge in [-0.05, 0) is 35.4 Å². The average molecular weight is 383 g/mol. The van der Waals surface area contributed by atoms with Crippen molar-refractivity contribution < 1.29 is 14.0 Å². The van der Waals surface area contributed by atoms with Crippen molar-refractivity contribution in [3.63, 3.8) is 0 Å². The van der Waals surface area contributed by atoms with Crippen LogP contribution in [0.3, 0.4) is 0 Å². The summed E-state index contributed by atoms with van der Waals surface area (Å²) in [7, 11) is 3.41. The van der Waals surface area contributed by atoms with Gasteiger partial charge in [0.1, 0.15) is 5.82 Å². The first kappa shape index (κ1) is 18.7. The number of nitrogens with zero attached hydrogens (tertiary/aromatic N) is 2. The number of halogens is 1. The Balaban J connectivity index is 1.66. The first-order chi connectivity index (χ1) is 12.9. The van der Waals surface area contributed by atoms with E-state index in [0.29, 0.717) is 22.7 Å². The number of carbonyl (C=O) groups is 2. The van der Waals surface area contributed by atoms with E-state index in [9.17, 15) is 14.0 Å². The predicted octanol–water partition coefficient (Wildman–Crippen LogP) is 3.83. The van der Waals surface area contributed by atoms with Crippen LogP contribution in [-0.2, 0) is 11.2 Å². The highest BCUT2D eigenvalue weighted by molar-refractivity contribution is 7.19. The van der Waals surface area contributed by atoms with Crippen LogP contribution >= 0.6 is 11.3 Å². The van der Waals surface area contributed by atoms with Crippen molar-refractivity contribution in [1.29, 1.82) is 0 Å². The van der Waals surface area contributed by atoms with Gasteiger partial charge in [-0.15, -0.1) is 0 Å². The number of aromatic nitrogens is 1. The summed E-state index contributed by atoms with van der Waals surface area (Å²) in [5.41, 5.74) is 2.02. The van der Waals surface area contributed by atoms with Crippen molar-refractivity contribution in [2.75, 3.05) is 19.4 Å². The molecule has 3 aromatic rings. The standard InChI is InChI=1S/C20H18FN3O2S/c1-24(2)18(25)10-13-6-8-14(9-7-13)19(26)23-20-22-12-17(27-20)15-4-3-5-16(21)11-15/h3-9,11-12H,10H2,1-2H3,(H,22,23,26). The molecule has 0 atom stereocenters. The van der Waals surface area contributed by atoms with Crippen LogP contribution in [0.2, 0.25) is 0 Å². The second-order valence-electron chi connectivity index (χ2n) is 6.16. The van der Waals surface area contributed by atoms with Gasteiger partial charge >= 0.3 is 0 Å². The lowest BCUT2D eigenvalue weighted by molar-refractivity contribution is -0.127. The fourth-order valence-corrected chi connectivity index (χ4v) is 3.19. The quantitative estimate of drug-likeness (QED) is 0.728. The molecule has 0 spiro atoms. The highest BCUT2D eigenvalue weighted by Crippen LogP contribution is 2.29. The molecule has 1 heterocycles. The zero-order valence-corrected chi connectivity index (χ0v) is 15.7. The molecule has 0 bridgehead atoms. The third-order valence-corrected chi connectivity index (χ3v) is 4.87. The highest BCUT2D eigenvalue weighted by Gasteiger charge is 2.11. The van der Waals surface area contributed by atoms with Gasteiger partial charge in [-0.25, -0.2) is 9.37 Å². The molecule has 0 radical (unpaired) electrons. The second-order valence-corrected chi connectivity index (χ2v) is 7.19. The van der Waals surface area contributed by atoms with E-state index >= 15 is 0 Å². The Kier molecular flexibility index (Phi) is 5.61. The van der Waals surface area contributed by atoms with E-state index in [0.717, 1.165) is 10.4 Å². The lowest BCUT2D eigenvalue weighted by Gasteiger charge is -2.10. The molecule has 0 unspecified atom stereocenters. The summed E-state index contributed by atoms with van der Waals surface area (Å²) in [6, 6.07) is 13.1. The number of nitrogens with one attached hydrogen (secondary N) is 1. The van der Waals surface area contributed by atoms with Crippen LogP contribution in [0.4, 0.5) is 9.52 Å². The third kappa shape index (κ3) is 4.77. The lowest BCUT2D eigenvalue weighted by Crippen LogP contribution is -2.23. The predicted molar refractivity (Wildman–Crippen MR) is 104 cm³/mol. The smallest absolute Gasteiger partial charge is 0.257 e. The van der Waals surface area contributed by atoms with Crippen LogP contribution in [0.1, 0.15) is 15.9 Å². The molecular formula is C20H18FN3O2S. The molecule has 27 heavy (non-hydrogen) atoms. The van der Waals surface area contributed by atoms with E-state index in [1.165, 1.54) is 28.4 Å². The molecule has 1 aromatic heterocycles. The Morgan fingerprint density at radius 3 is 2.56 bits per heavy atom. The molecule has 138 valence electrons. The molecule has 0 aliphatic rings. The van der Waals surface area contributed by atoms with E-state index < -0.39 is 0 Å². The minimum atomic E-state index is -0.320. The van der Waals surface area contributed by atoms with Crippen molar-refractivity contribution in [1.82, 2.24) is 9.88 Å². The molecule has 3 rings (SSSR count). The maximum absolute atomic E-state index is 13.3. The zero-order chi connectivity index (χ0) is 19.4. The fraction of sp³-hybridized carbons (Fsp3) is 0.150. The zero-order valence-electron chi connectivity index (χ0n) is 14.9. The van der Waals surface area contributed by atoms with E-state index in [4.69, 9.17) is 0 Å². The summed E-state index contributed by atoms with van der Waals surface area (Å²) < 4.78 is 13.3. The molecule has 7 heteroatoms. The van der Waals surface area contributed by atoms with Crippen molar-refractivity contribution in [2.45, 2.75) is 6.42 Å².